The Morgan fingerprint density at radius 1 is 1.12 bits per heavy atom. The van der Waals surface area contributed by atoms with Crippen molar-refractivity contribution in [1.82, 2.24) is 14.4 Å². The summed E-state index contributed by atoms with van der Waals surface area (Å²) >= 11 is 0. The van der Waals surface area contributed by atoms with Gasteiger partial charge in [0.15, 0.2) is 11.5 Å². The number of fused-ring (bicyclic) bond motifs is 2. The molecule has 1 atom stereocenters. The van der Waals surface area contributed by atoms with Gasteiger partial charge in [0.05, 0.1) is 17.5 Å². The van der Waals surface area contributed by atoms with Crippen LogP contribution in [0.25, 0.3) is 16.9 Å². The van der Waals surface area contributed by atoms with E-state index in [-0.39, 0.29) is 11.6 Å². The van der Waals surface area contributed by atoms with Gasteiger partial charge < -0.3 is 30.8 Å². The van der Waals surface area contributed by atoms with Crippen molar-refractivity contribution in [3.05, 3.63) is 66.6 Å². The molecule has 0 amide bonds. The highest BCUT2D eigenvalue weighted by molar-refractivity contribution is 5.77. The Balaban J connectivity index is 1.31. The van der Waals surface area contributed by atoms with E-state index < -0.39 is 5.60 Å². The van der Waals surface area contributed by atoms with Crippen LogP contribution >= 0.6 is 0 Å². The van der Waals surface area contributed by atoms with Crippen molar-refractivity contribution in [2.24, 2.45) is 5.73 Å². The zero-order valence-electron chi connectivity index (χ0n) is 19.6. The van der Waals surface area contributed by atoms with Crippen LogP contribution < -0.4 is 21.3 Å². The Morgan fingerprint density at radius 3 is 2.62 bits per heavy atom. The summed E-state index contributed by atoms with van der Waals surface area (Å²) in [4.78, 5) is 11.6. The van der Waals surface area contributed by atoms with Crippen LogP contribution in [0.3, 0.4) is 0 Å². The second-order valence-corrected chi connectivity index (χ2v) is 10.3. The Kier molecular flexibility index (Phi) is 4.43. The van der Waals surface area contributed by atoms with Crippen LogP contribution in [0.4, 0.5) is 22.9 Å². The molecule has 1 unspecified atom stereocenters. The van der Waals surface area contributed by atoms with E-state index in [1.807, 2.05) is 35.9 Å². The summed E-state index contributed by atoms with van der Waals surface area (Å²) in [6, 6.07) is 14.5. The molecular formula is C26H29N7O. The van der Waals surface area contributed by atoms with Gasteiger partial charge in [-0.3, -0.25) is 0 Å². The van der Waals surface area contributed by atoms with Gasteiger partial charge in [-0.1, -0.05) is 26.0 Å². The van der Waals surface area contributed by atoms with Crippen molar-refractivity contribution < 1.29 is 5.11 Å². The standard InChI is InChI=1S/C26H29N7O/c1-25(2)19-9-4-16(12-20(19)31-24(25)27)21-13-32-11-10-28-23(32)22(30-21)29-17-5-7-18(8-6-17)33-14-26(3,34)15-33/h4-13,24,31,34H,14-15,27H2,1-3H3,(H,29,30). The summed E-state index contributed by atoms with van der Waals surface area (Å²) in [6.45, 7) is 7.47. The van der Waals surface area contributed by atoms with Crippen LogP contribution in [0.2, 0.25) is 0 Å². The Morgan fingerprint density at radius 2 is 1.88 bits per heavy atom. The average molecular weight is 456 g/mol. The van der Waals surface area contributed by atoms with Crippen LogP contribution in [0, 0.1) is 0 Å². The van der Waals surface area contributed by atoms with E-state index in [1.54, 1.807) is 6.20 Å². The highest BCUT2D eigenvalue weighted by atomic mass is 16.3. The molecular weight excluding hydrogens is 426 g/mol. The van der Waals surface area contributed by atoms with Crippen LogP contribution in [-0.2, 0) is 5.41 Å². The average Bonchev–Trinajstić information content (AvgIpc) is 3.35. The molecule has 8 heteroatoms. The number of benzene rings is 2. The molecule has 6 rings (SSSR count). The van der Waals surface area contributed by atoms with E-state index in [0.717, 1.165) is 34.0 Å². The third-order valence-electron chi connectivity index (χ3n) is 7.03. The summed E-state index contributed by atoms with van der Waals surface area (Å²) in [5.74, 6) is 0.688. The smallest absolute Gasteiger partial charge is 0.180 e. The number of nitrogens with two attached hydrogens (primary N) is 1. The Labute approximate surface area is 198 Å². The van der Waals surface area contributed by atoms with Crippen molar-refractivity contribution in [2.75, 3.05) is 28.6 Å². The molecule has 0 radical (unpaired) electrons. The maximum atomic E-state index is 10.0. The van der Waals surface area contributed by atoms with Crippen LogP contribution in [0.5, 0.6) is 0 Å². The number of imidazole rings is 1. The fraction of sp³-hybridized carbons (Fsp3) is 0.308. The molecule has 2 aliphatic heterocycles. The van der Waals surface area contributed by atoms with Crippen LogP contribution in [0.15, 0.2) is 61.1 Å². The highest BCUT2D eigenvalue weighted by Crippen LogP contribution is 2.41. The second-order valence-electron chi connectivity index (χ2n) is 10.3. The lowest BCUT2D eigenvalue weighted by Crippen LogP contribution is -2.60. The molecule has 2 aromatic carbocycles. The summed E-state index contributed by atoms with van der Waals surface area (Å²) in [5, 5.41) is 16.8. The van der Waals surface area contributed by atoms with Crippen LogP contribution in [0.1, 0.15) is 26.3 Å². The monoisotopic (exact) mass is 455 g/mol. The first-order valence-electron chi connectivity index (χ1n) is 11.5. The predicted molar refractivity (Wildman–Crippen MR) is 136 cm³/mol. The van der Waals surface area contributed by atoms with Gasteiger partial charge in [0, 0.05) is 59.7 Å². The lowest BCUT2D eigenvalue weighted by Gasteiger charge is -2.45. The van der Waals surface area contributed by atoms with Gasteiger partial charge in [0.2, 0.25) is 0 Å². The number of anilines is 4. The van der Waals surface area contributed by atoms with Crippen molar-refractivity contribution >= 4 is 28.5 Å². The number of hydrogen-bond donors (Lipinski definition) is 4. The second kappa shape index (κ2) is 7.19. The molecule has 174 valence electrons. The number of hydrogen-bond acceptors (Lipinski definition) is 7. The van der Waals surface area contributed by atoms with Gasteiger partial charge >= 0.3 is 0 Å². The Hall–Kier alpha value is -3.62. The molecule has 4 aromatic rings. The molecule has 0 saturated carbocycles. The van der Waals surface area contributed by atoms with E-state index in [0.29, 0.717) is 18.9 Å². The van der Waals surface area contributed by atoms with Crippen molar-refractivity contribution in [2.45, 2.75) is 38.0 Å². The molecule has 0 bridgehead atoms. The molecule has 1 saturated heterocycles. The number of β-amino-alcohol motifs (C(OH)–C–C–N with tert-alkyl or cyclic N) is 1. The fourth-order valence-corrected chi connectivity index (χ4v) is 4.91. The molecule has 0 spiro atoms. The first-order valence-corrected chi connectivity index (χ1v) is 11.5. The minimum Gasteiger partial charge on any atom is -0.386 e. The van der Waals surface area contributed by atoms with Crippen molar-refractivity contribution in [1.29, 1.82) is 0 Å². The fourth-order valence-electron chi connectivity index (χ4n) is 4.91. The normalized spacial score (nSPS) is 20.0. The summed E-state index contributed by atoms with van der Waals surface area (Å²) in [7, 11) is 0. The van der Waals surface area contributed by atoms with Gasteiger partial charge in [-0.15, -0.1) is 0 Å². The highest BCUT2D eigenvalue weighted by Gasteiger charge is 2.37. The third-order valence-corrected chi connectivity index (χ3v) is 7.03. The number of nitrogens with zero attached hydrogens (tertiary/aromatic N) is 4. The first kappa shape index (κ1) is 20.9. The zero-order valence-corrected chi connectivity index (χ0v) is 19.6. The van der Waals surface area contributed by atoms with Crippen molar-refractivity contribution in [3.63, 3.8) is 0 Å². The van der Waals surface area contributed by atoms with Crippen LogP contribution in [-0.4, -0.2) is 44.3 Å². The molecule has 5 N–H and O–H groups in total. The molecule has 2 aromatic heterocycles. The number of nitrogens with one attached hydrogen (secondary N) is 2. The largest absolute Gasteiger partial charge is 0.386 e. The number of rotatable bonds is 4. The summed E-state index contributed by atoms with van der Waals surface area (Å²) in [5.41, 5.74) is 12.5. The maximum absolute atomic E-state index is 10.0. The van der Waals surface area contributed by atoms with Crippen molar-refractivity contribution in [3.8, 4) is 11.3 Å². The summed E-state index contributed by atoms with van der Waals surface area (Å²) < 4.78 is 1.98. The minimum atomic E-state index is -0.596. The SMILES string of the molecule is CC1(O)CN(c2ccc(Nc3nc(-c4ccc5c(c4)NC(N)C5(C)C)cn4ccnc34)cc2)C1. The zero-order chi connectivity index (χ0) is 23.7. The number of aromatic nitrogens is 3. The summed E-state index contributed by atoms with van der Waals surface area (Å²) in [6.07, 6.45) is 5.57. The predicted octanol–water partition coefficient (Wildman–Crippen LogP) is 3.70. The number of aliphatic hydroxyl groups is 1. The molecule has 2 aliphatic rings. The molecule has 8 nitrogen and oxygen atoms in total. The quantitative estimate of drug-likeness (QED) is 0.372. The van der Waals surface area contributed by atoms with Gasteiger partial charge in [0.25, 0.3) is 0 Å². The lowest BCUT2D eigenvalue weighted by molar-refractivity contribution is 0.0310. The molecule has 0 aliphatic carbocycles. The molecule has 4 heterocycles. The van der Waals surface area contributed by atoms with Gasteiger partial charge in [-0.05, 0) is 42.8 Å². The van der Waals surface area contributed by atoms with E-state index >= 15 is 0 Å². The Bertz CT molecular complexity index is 1380. The molecule has 34 heavy (non-hydrogen) atoms. The van der Waals surface area contributed by atoms with E-state index in [4.69, 9.17) is 10.7 Å². The van der Waals surface area contributed by atoms with E-state index in [9.17, 15) is 5.11 Å². The first-order chi connectivity index (χ1) is 16.2. The van der Waals surface area contributed by atoms with E-state index in [2.05, 4.69) is 64.7 Å². The lowest BCUT2D eigenvalue weighted by atomic mass is 9.84. The van der Waals surface area contributed by atoms with E-state index in [1.165, 1.54) is 5.56 Å². The van der Waals surface area contributed by atoms with Gasteiger partial charge in [0.1, 0.15) is 0 Å². The molecule has 1 fully saturated rings. The van der Waals surface area contributed by atoms with Gasteiger partial charge in [-0.25, -0.2) is 9.97 Å². The maximum Gasteiger partial charge on any atom is 0.180 e. The third kappa shape index (κ3) is 3.38. The minimum absolute atomic E-state index is 0.121. The topological polar surface area (TPSA) is 104 Å². The van der Waals surface area contributed by atoms with Gasteiger partial charge in [-0.2, -0.15) is 0 Å².